The molecular formula is C15H19Cl2N. The fourth-order valence-electron chi connectivity index (χ4n) is 2.78. The highest BCUT2D eigenvalue weighted by molar-refractivity contribution is 6.35. The summed E-state index contributed by atoms with van der Waals surface area (Å²) in [6.45, 7) is 4.53. The summed E-state index contributed by atoms with van der Waals surface area (Å²) < 4.78 is 0. The molecule has 98 valence electrons. The minimum absolute atomic E-state index is 0.162. The van der Waals surface area contributed by atoms with Crippen molar-refractivity contribution in [3.05, 3.63) is 45.5 Å². The van der Waals surface area contributed by atoms with Gasteiger partial charge in [-0.3, -0.25) is 0 Å². The van der Waals surface area contributed by atoms with E-state index in [0.717, 1.165) is 29.8 Å². The lowest BCUT2D eigenvalue weighted by atomic mass is 9.74. The lowest BCUT2D eigenvalue weighted by Crippen LogP contribution is -2.31. The van der Waals surface area contributed by atoms with Gasteiger partial charge in [-0.2, -0.15) is 0 Å². The summed E-state index contributed by atoms with van der Waals surface area (Å²) in [7, 11) is 0. The highest BCUT2D eigenvalue weighted by Crippen LogP contribution is 2.36. The van der Waals surface area contributed by atoms with E-state index in [0.29, 0.717) is 5.02 Å². The molecule has 0 amide bonds. The molecule has 3 heteroatoms. The molecule has 1 atom stereocenters. The van der Waals surface area contributed by atoms with Gasteiger partial charge in [0.2, 0.25) is 0 Å². The lowest BCUT2D eigenvalue weighted by Gasteiger charge is -2.33. The zero-order chi connectivity index (χ0) is 13.3. The first kappa shape index (κ1) is 13.9. The topological polar surface area (TPSA) is 26.0 Å². The molecule has 0 fully saturated rings. The zero-order valence-electron chi connectivity index (χ0n) is 10.8. The molecule has 0 spiro atoms. The summed E-state index contributed by atoms with van der Waals surface area (Å²) >= 11 is 12.1. The molecule has 1 aromatic rings. The van der Waals surface area contributed by atoms with Crippen LogP contribution >= 0.6 is 23.2 Å². The molecular weight excluding hydrogens is 265 g/mol. The van der Waals surface area contributed by atoms with Gasteiger partial charge in [0.1, 0.15) is 0 Å². The summed E-state index contributed by atoms with van der Waals surface area (Å²) in [4.78, 5) is 0. The van der Waals surface area contributed by atoms with E-state index in [1.807, 2.05) is 12.1 Å². The summed E-state index contributed by atoms with van der Waals surface area (Å²) in [5, 5.41) is 1.42. The number of allylic oxidation sites excluding steroid dienone is 1. The molecule has 0 aliphatic heterocycles. The van der Waals surface area contributed by atoms with Crippen LogP contribution in [0.25, 0.3) is 0 Å². The standard InChI is InChI=1S/C15H19Cl2N/c1-15(2)8-10(6-13(18)9-15)5-11-3-4-12(16)7-14(11)17/h3-4,6-7,13H,5,8-9,18H2,1-2H3. The number of nitrogens with two attached hydrogens (primary N) is 1. The lowest BCUT2D eigenvalue weighted by molar-refractivity contribution is 0.299. The second-order valence-electron chi connectivity index (χ2n) is 5.95. The van der Waals surface area contributed by atoms with Crippen molar-refractivity contribution < 1.29 is 0 Å². The van der Waals surface area contributed by atoms with Crippen LogP contribution in [0.1, 0.15) is 32.3 Å². The molecule has 0 saturated carbocycles. The molecule has 0 aromatic heterocycles. The fourth-order valence-corrected chi connectivity index (χ4v) is 3.25. The summed E-state index contributed by atoms with van der Waals surface area (Å²) in [6.07, 6.45) is 5.19. The normalized spacial score (nSPS) is 22.7. The Morgan fingerprint density at radius 2 is 2.06 bits per heavy atom. The third-order valence-electron chi connectivity index (χ3n) is 3.38. The van der Waals surface area contributed by atoms with Gasteiger partial charge in [-0.15, -0.1) is 0 Å². The van der Waals surface area contributed by atoms with Crippen molar-refractivity contribution in [2.45, 2.75) is 39.2 Å². The maximum atomic E-state index is 6.21. The molecule has 1 unspecified atom stereocenters. The highest BCUT2D eigenvalue weighted by atomic mass is 35.5. The highest BCUT2D eigenvalue weighted by Gasteiger charge is 2.26. The van der Waals surface area contributed by atoms with Gasteiger partial charge >= 0.3 is 0 Å². The Morgan fingerprint density at radius 3 is 2.67 bits per heavy atom. The van der Waals surface area contributed by atoms with Crippen molar-refractivity contribution in [2.24, 2.45) is 11.1 Å². The number of hydrogen-bond donors (Lipinski definition) is 1. The van der Waals surface area contributed by atoms with Crippen LogP contribution in [-0.2, 0) is 6.42 Å². The molecule has 0 saturated heterocycles. The molecule has 2 N–H and O–H groups in total. The predicted octanol–water partition coefficient (Wildman–Crippen LogP) is 4.61. The van der Waals surface area contributed by atoms with Crippen molar-refractivity contribution in [3.63, 3.8) is 0 Å². The largest absolute Gasteiger partial charge is 0.324 e. The quantitative estimate of drug-likeness (QED) is 0.788. The van der Waals surface area contributed by atoms with E-state index in [1.165, 1.54) is 5.57 Å². The van der Waals surface area contributed by atoms with Crippen LogP contribution in [0, 0.1) is 5.41 Å². The first-order valence-corrected chi connectivity index (χ1v) is 7.00. The van der Waals surface area contributed by atoms with Gasteiger partial charge < -0.3 is 5.73 Å². The number of hydrogen-bond acceptors (Lipinski definition) is 1. The SMILES string of the molecule is CC1(C)CC(Cc2ccc(Cl)cc2Cl)=CC(N)C1. The number of halogens is 2. The molecule has 0 heterocycles. The van der Waals surface area contributed by atoms with Crippen LogP contribution in [-0.4, -0.2) is 6.04 Å². The Labute approximate surface area is 119 Å². The third-order valence-corrected chi connectivity index (χ3v) is 3.96. The minimum atomic E-state index is 0.162. The first-order chi connectivity index (χ1) is 8.35. The van der Waals surface area contributed by atoms with Crippen molar-refractivity contribution in [1.82, 2.24) is 0 Å². The third kappa shape index (κ3) is 3.50. The van der Waals surface area contributed by atoms with E-state index in [1.54, 1.807) is 6.07 Å². The molecule has 18 heavy (non-hydrogen) atoms. The minimum Gasteiger partial charge on any atom is -0.324 e. The van der Waals surface area contributed by atoms with Gasteiger partial charge in [0.05, 0.1) is 0 Å². The number of benzene rings is 1. The second kappa shape index (κ2) is 5.24. The van der Waals surface area contributed by atoms with Crippen LogP contribution in [0.4, 0.5) is 0 Å². The van der Waals surface area contributed by atoms with Gasteiger partial charge in [0.15, 0.2) is 0 Å². The van der Waals surface area contributed by atoms with Crippen LogP contribution in [0.2, 0.25) is 10.0 Å². The molecule has 1 aliphatic rings. The van der Waals surface area contributed by atoms with Gasteiger partial charge in [0.25, 0.3) is 0 Å². The van der Waals surface area contributed by atoms with E-state index in [9.17, 15) is 0 Å². The summed E-state index contributed by atoms with van der Waals surface area (Å²) in [6, 6.07) is 5.85. The Kier molecular flexibility index (Phi) is 4.05. The average molecular weight is 284 g/mol. The molecule has 1 aromatic carbocycles. The molecule has 0 radical (unpaired) electrons. The van der Waals surface area contributed by atoms with E-state index < -0.39 is 0 Å². The molecule has 0 bridgehead atoms. The van der Waals surface area contributed by atoms with E-state index >= 15 is 0 Å². The summed E-state index contributed by atoms with van der Waals surface area (Å²) in [5.41, 5.74) is 8.87. The Morgan fingerprint density at radius 1 is 1.33 bits per heavy atom. The fraction of sp³-hybridized carbons (Fsp3) is 0.467. The predicted molar refractivity (Wildman–Crippen MR) is 79.2 cm³/mol. The van der Waals surface area contributed by atoms with Crippen LogP contribution in [0.5, 0.6) is 0 Å². The first-order valence-electron chi connectivity index (χ1n) is 6.25. The van der Waals surface area contributed by atoms with Crippen molar-refractivity contribution in [1.29, 1.82) is 0 Å². The zero-order valence-corrected chi connectivity index (χ0v) is 12.4. The van der Waals surface area contributed by atoms with Crippen LogP contribution in [0.15, 0.2) is 29.8 Å². The van der Waals surface area contributed by atoms with Gasteiger partial charge in [-0.05, 0) is 42.4 Å². The second-order valence-corrected chi connectivity index (χ2v) is 6.79. The Balaban J connectivity index is 2.18. The van der Waals surface area contributed by atoms with Crippen LogP contribution in [0.3, 0.4) is 0 Å². The average Bonchev–Trinajstić information content (AvgIpc) is 2.19. The number of rotatable bonds is 2. The van der Waals surface area contributed by atoms with Crippen LogP contribution < -0.4 is 5.73 Å². The van der Waals surface area contributed by atoms with Crippen molar-refractivity contribution in [3.8, 4) is 0 Å². The maximum absolute atomic E-state index is 6.21. The Bertz CT molecular complexity index is 477. The molecule has 2 rings (SSSR count). The maximum Gasteiger partial charge on any atom is 0.0456 e. The monoisotopic (exact) mass is 283 g/mol. The molecule has 1 aliphatic carbocycles. The summed E-state index contributed by atoms with van der Waals surface area (Å²) in [5.74, 6) is 0. The van der Waals surface area contributed by atoms with E-state index in [4.69, 9.17) is 28.9 Å². The Hall–Kier alpha value is -0.500. The van der Waals surface area contributed by atoms with E-state index in [-0.39, 0.29) is 11.5 Å². The van der Waals surface area contributed by atoms with Gasteiger partial charge in [-0.25, -0.2) is 0 Å². The molecule has 1 nitrogen and oxygen atoms in total. The van der Waals surface area contributed by atoms with Gasteiger partial charge in [-0.1, -0.05) is 54.8 Å². The van der Waals surface area contributed by atoms with Crippen molar-refractivity contribution in [2.75, 3.05) is 0 Å². The van der Waals surface area contributed by atoms with Gasteiger partial charge in [0, 0.05) is 16.1 Å². The smallest absolute Gasteiger partial charge is 0.0456 e. The van der Waals surface area contributed by atoms with E-state index in [2.05, 4.69) is 19.9 Å². The van der Waals surface area contributed by atoms with Crippen molar-refractivity contribution >= 4 is 23.2 Å².